The Hall–Kier alpha value is -1.92. The molecule has 3 unspecified atom stereocenters. The van der Waals surface area contributed by atoms with Crippen molar-refractivity contribution in [2.45, 2.75) is 32.2 Å². The van der Waals surface area contributed by atoms with Crippen LogP contribution in [0.4, 0.5) is 0 Å². The van der Waals surface area contributed by atoms with Gasteiger partial charge in [-0.05, 0) is 24.7 Å². The molecule has 102 valence electrons. The van der Waals surface area contributed by atoms with Crippen LogP contribution in [-0.2, 0) is 4.79 Å². The van der Waals surface area contributed by atoms with Gasteiger partial charge in [-0.1, -0.05) is 11.6 Å². The molecule has 7 nitrogen and oxygen atoms in total. The van der Waals surface area contributed by atoms with Crippen molar-refractivity contribution in [3.8, 4) is 0 Å². The lowest BCUT2D eigenvalue weighted by Crippen LogP contribution is -2.43. The molecule has 7 heteroatoms. The molecule has 1 N–H and O–H groups in total. The maximum atomic E-state index is 12.3. The second-order valence-corrected chi connectivity index (χ2v) is 5.23. The van der Waals surface area contributed by atoms with Gasteiger partial charge in [-0.2, -0.15) is 4.98 Å². The Balaban J connectivity index is 1.87. The molecule has 0 spiro atoms. The molecule has 3 atom stereocenters. The molecule has 0 bridgehead atoms. The summed E-state index contributed by atoms with van der Waals surface area (Å²) in [6.07, 6.45) is 2.91. The highest BCUT2D eigenvalue weighted by molar-refractivity contribution is 5.94. The summed E-state index contributed by atoms with van der Waals surface area (Å²) < 4.78 is 4.78. The third-order valence-electron chi connectivity index (χ3n) is 4.12. The molecule has 1 aliphatic carbocycles. The van der Waals surface area contributed by atoms with Gasteiger partial charge in [-0.15, -0.1) is 0 Å². The number of likely N-dealkylation sites (tertiary alicyclic amines) is 1. The fourth-order valence-electron chi connectivity index (χ4n) is 3.35. The highest BCUT2D eigenvalue weighted by Crippen LogP contribution is 2.42. The molecule has 1 aliphatic heterocycles. The van der Waals surface area contributed by atoms with Gasteiger partial charge in [-0.25, -0.2) is 4.79 Å². The summed E-state index contributed by atoms with van der Waals surface area (Å²) in [6, 6.07) is -0.751. The summed E-state index contributed by atoms with van der Waals surface area (Å²) in [5.74, 6) is -0.785. The predicted molar refractivity (Wildman–Crippen MR) is 62.3 cm³/mol. The third kappa shape index (κ3) is 1.89. The van der Waals surface area contributed by atoms with Gasteiger partial charge in [0, 0.05) is 13.5 Å². The lowest BCUT2D eigenvalue weighted by atomic mass is 9.94. The Kier molecular flexibility index (Phi) is 2.76. The zero-order valence-corrected chi connectivity index (χ0v) is 10.6. The van der Waals surface area contributed by atoms with E-state index in [1.807, 2.05) is 0 Å². The molecule has 1 aromatic rings. The summed E-state index contributed by atoms with van der Waals surface area (Å²) in [4.78, 5) is 29.0. The van der Waals surface area contributed by atoms with Crippen LogP contribution in [0.15, 0.2) is 4.52 Å². The fraction of sp³-hybridized carbons (Fsp3) is 0.667. The summed E-state index contributed by atoms with van der Waals surface area (Å²) in [6.45, 7) is 2.07. The molecule has 1 saturated heterocycles. The minimum absolute atomic E-state index is 0.0521. The predicted octanol–water partition coefficient (Wildman–Crippen LogP) is 0.703. The van der Waals surface area contributed by atoms with Gasteiger partial charge in [0.1, 0.15) is 6.04 Å². The van der Waals surface area contributed by atoms with Gasteiger partial charge in [0.25, 0.3) is 11.7 Å². The van der Waals surface area contributed by atoms with Crippen LogP contribution < -0.4 is 0 Å². The molecular formula is C12H15N3O4. The van der Waals surface area contributed by atoms with E-state index in [0.29, 0.717) is 12.4 Å². The van der Waals surface area contributed by atoms with E-state index in [1.165, 1.54) is 4.90 Å². The summed E-state index contributed by atoms with van der Waals surface area (Å²) in [7, 11) is 0. The van der Waals surface area contributed by atoms with Gasteiger partial charge in [0.05, 0.1) is 0 Å². The number of hydrogen-bond acceptors (Lipinski definition) is 5. The molecule has 2 fully saturated rings. The number of carboxylic acid groups (broad SMARTS) is 1. The molecule has 1 amide bonds. The van der Waals surface area contributed by atoms with E-state index in [1.54, 1.807) is 6.92 Å². The second-order valence-electron chi connectivity index (χ2n) is 5.23. The van der Waals surface area contributed by atoms with Gasteiger partial charge in [0.2, 0.25) is 5.89 Å². The molecule has 0 radical (unpaired) electrons. The Labute approximate surface area is 109 Å². The van der Waals surface area contributed by atoms with Crippen LogP contribution in [0.1, 0.15) is 35.8 Å². The first-order valence-electron chi connectivity index (χ1n) is 6.42. The summed E-state index contributed by atoms with van der Waals surface area (Å²) in [5, 5.41) is 13.0. The molecule has 1 saturated carbocycles. The lowest BCUT2D eigenvalue weighted by molar-refractivity contribution is -0.142. The van der Waals surface area contributed by atoms with Crippen molar-refractivity contribution < 1.29 is 19.2 Å². The molecule has 3 rings (SSSR count). The number of carbonyl (C=O) groups is 2. The third-order valence-corrected chi connectivity index (χ3v) is 4.12. The quantitative estimate of drug-likeness (QED) is 0.845. The van der Waals surface area contributed by atoms with E-state index in [-0.39, 0.29) is 17.7 Å². The lowest BCUT2D eigenvalue weighted by Gasteiger charge is -2.22. The van der Waals surface area contributed by atoms with Crippen LogP contribution in [0, 0.1) is 18.8 Å². The summed E-state index contributed by atoms with van der Waals surface area (Å²) in [5.41, 5.74) is 0. The van der Waals surface area contributed by atoms with Gasteiger partial charge < -0.3 is 14.5 Å². The molecule has 19 heavy (non-hydrogen) atoms. The number of nitrogens with zero attached hydrogens (tertiary/aromatic N) is 3. The van der Waals surface area contributed by atoms with E-state index < -0.39 is 17.9 Å². The fourth-order valence-corrected chi connectivity index (χ4v) is 3.35. The van der Waals surface area contributed by atoms with E-state index in [9.17, 15) is 14.7 Å². The molecule has 2 heterocycles. The smallest absolute Gasteiger partial charge is 0.326 e. The van der Waals surface area contributed by atoms with E-state index >= 15 is 0 Å². The van der Waals surface area contributed by atoms with Crippen LogP contribution in [0.5, 0.6) is 0 Å². The topological polar surface area (TPSA) is 96.5 Å². The minimum atomic E-state index is -0.942. The Morgan fingerprint density at radius 1 is 1.42 bits per heavy atom. The van der Waals surface area contributed by atoms with Crippen molar-refractivity contribution in [3.63, 3.8) is 0 Å². The first-order chi connectivity index (χ1) is 9.08. The number of rotatable bonds is 2. The number of carboxylic acids is 1. The Morgan fingerprint density at radius 3 is 2.84 bits per heavy atom. The van der Waals surface area contributed by atoms with Crippen molar-refractivity contribution in [3.05, 3.63) is 11.7 Å². The maximum Gasteiger partial charge on any atom is 0.326 e. The zero-order chi connectivity index (χ0) is 13.6. The van der Waals surface area contributed by atoms with Crippen molar-refractivity contribution in [1.29, 1.82) is 0 Å². The SMILES string of the molecule is Cc1nc(C(=O)N2CC3CCCC3C2C(=O)O)no1. The molecule has 2 aliphatic rings. The van der Waals surface area contributed by atoms with Crippen molar-refractivity contribution in [2.24, 2.45) is 11.8 Å². The van der Waals surface area contributed by atoms with Crippen molar-refractivity contribution >= 4 is 11.9 Å². The molecule has 0 aromatic carbocycles. The average Bonchev–Trinajstić information content (AvgIpc) is 3.00. The maximum absolute atomic E-state index is 12.3. The first-order valence-corrected chi connectivity index (χ1v) is 6.42. The number of amides is 1. The highest BCUT2D eigenvalue weighted by Gasteiger charge is 2.50. The number of carbonyl (C=O) groups excluding carboxylic acids is 1. The summed E-state index contributed by atoms with van der Waals surface area (Å²) >= 11 is 0. The van der Waals surface area contributed by atoms with Crippen molar-refractivity contribution in [1.82, 2.24) is 15.0 Å². The zero-order valence-electron chi connectivity index (χ0n) is 10.6. The van der Waals surface area contributed by atoms with Crippen LogP contribution >= 0.6 is 0 Å². The normalized spacial score (nSPS) is 29.5. The number of hydrogen-bond donors (Lipinski definition) is 1. The molecular weight excluding hydrogens is 250 g/mol. The van der Waals surface area contributed by atoms with Crippen LogP contribution in [0.25, 0.3) is 0 Å². The first kappa shape index (κ1) is 12.1. The standard InChI is InChI=1S/C12H15N3O4/c1-6-13-10(14-19-6)11(16)15-5-7-3-2-4-8(7)9(15)12(17)18/h7-9H,2-5H2,1H3,(H,17,18). The van der Waals surface area contributed by atoms with Crippen LogP contribution in [-0.4, -0.2) is 44.6 Å². The van der Waals surface area contributed by atoms with E-state index in [2.05, 4.69) is 10.1 Å². The van der Waals surface area contributed by atoms with Gasteiger partial charge in [0.15, 0.2) is 0 Å². The van der Waals surface area contributed by atoms with Crippen molar-refractivity contribution in [2.75, 3.05) is 6.54 Å². The van der Waals surface area contributed by atoms with E-state index in [0.717, 1.165) is 19.3 Å². The monoisotopic (exact) mass is 265 g/mol. The number of fused-ring (bicyclic) bond motifs is 1. The van der Waals surface area contributed by atoms with Crippen LogP contribution in [0.3, 0.4) is 0 Å². The Morgan fingerprint density at radius 2 is 2.21 bits per heavy atom. The van der Waals surface area contributed by atoms with E-state index in [4.69, 9.17) is 4.52 Å². The largest absolute Gasteiger partial charge is 0.480 e. The second kappa shape index (κ2) is 4.32. The Bertz CT molecular complexity index is 527. The van der Waals surface area contributed by atoms with Gasteiger partial charge in [-0.3, -0.25) is 4.79 Å². The number of aliphatic carboxylic acids is 1. The van der Waals surface area contributed by atoms with Gasteiger partial charge >= 0.3 is 5.97 Å². The van der Waals surface area contributed by atoms with Crippen LogP contribution in [0.2, 0.25) is 0 Å². The highest BCUT2D eigenvalue weighted by atomic mass is 16.5. The minimum Gasteiger partial charge on any atom is -0.480 e. The number of aromatic nitrogens is 2. The molecule has 1 aromatic heterocycles. The average molecular weight is 265 g/mol. The number of aryl methyl sites for hydroxylation is 1.